The summed E-state index contributed by atoms with van der Waals surface area (Å²) in [5.74, 6) is 0.802. The van der Waals surface area contributed by atoms with Gasteiger partial charge in [0.25, 0.3) is 0 Å². The maximum absolute atomic E-state index is 12.1. The van der Waals surface area contributed by atoms with Crippen molar-refractivity contribution in [2.24, 2.45) is 5.92 Å². The topological polar surface area (TPSA) is 55.1 Å². The van der Waals surface area contributed by atoms with Crippen molar-refractivity contribution in [3.05, 3.63) is 29.8 Å². The van der Waals surface area contributed by atoms with Crippen molar-refractivity contribution in [1.29, 1.82) is 0 Å². The number of carbonyl (C=O) groups excluding carboxylic acids is 1. The number of benzene rings is 1. The van der Waals surface area contributed by atoms with Gasteiger partial charge in [0.05, 0.1) is 0 Å². The minimum atomic E-state index is 0.174. The van der Waals surface area contributed by atoms with Crippen molar-refractivity contribution in [2.45, 2.75) is 70.6 Å². The highest BCUT2D eigenvalue weighted by atomic mass is 16.2. The fraction of sp³-hybridized carbons (Fsp3) is 0.650. The van der Waals surface area contributed by atoms with E-state index in [4.69, 9.17) is 5.73 Å². The zero-order chi connectivity index (χ0) is 16.5. The first-order valence-electron chi connectivity index (χ1n) is 9.35. The third-order valence-electron chi connectivity index (χ3n) is 4.82. The van der Waals surface area contributed by atoms with Gasteiger partial charge in [-0.2, -0.15) is 0 Å². The first-order valence-corrected chi connectivity index (χ1v) is 9.35. The number of hydrogen-bond donors (Lipinski definition) is 2. The van der Waals surface area contributed by atoms with E-state index < -0.39 is 0 Å². The SMILES string of the molecule is CCCCCCCCCCNC(=O)[C@@H]1C[C@H]1c1ccc(N)cc1. The average Bonchev–Trinajstić information content (AvgIpc) is 3.34. The summed E-state index contributed by atoms with van der Waals surface area (Å²) >= 11 is 0. The van der Waals surface area contributed by atoms with Crippen LogP contribution in [0.2, 0.25) is 0 Å². The van der Waals surface area contributed by atoms with E-state index in [0.717, 1.165) is 25.1 Å². The smallest absolute Gasteiger partial charge is 0.223 e. The molecule has 0 aliphatic heterocycles. The van der Waals surface area contributed by atoms with Crippen LogP contribution in [0.5, 0.6) is 0 Å². The van der Waals surface area contributed by atoms with Gasteiger partial charge >= 0.3 is 0 Å². The Morgan fingerprint density at radius 3 is 2.30 bits per heavy atom. The average molecular weight is 316 g/mol. The molecule has 0 spiro atoms. The van der Waals surface area contributed by atoms with E-state index in [9.17, 15) is 4.79 Å². The molecule has 0 bridgehead atoms. The van der Waals surface area contributed by atoms with Crippen molar-refractivity contribution in [1.82, 2.24) is 5.32 Å². The molecule has 1 fully saturated rings. The first kappa shape index (κ1) is 17.8. The molecule has 2 atom stereocenters. The molecule has 1 aromatic rings. The molecule has 2 rings (SSSR count). The molecule has 3 nitrogen and oxygen atoms in total. The van der Waals surface area contributed by atoms with Crippen molar-refractivity contribution in [3.63, 3.8) is 0 Å². The van der Waals surface area contributed by atoms with Crippen LogP contribution in [0.3, 0.4) is 0 Å². The highest BCUT2D eigenvalue weighted by Gasteiger charge is 2.43. The van der Waals surface area contributed by atoms with Crippen molar-refractivity contribution < 1.29 is 4.79 Å². The maximum Gasteiger partial charge on any atom is 0.223 e. The van der Waals surface area contributed by atoms with E-state index in [2.05, 4.69) is 12.2 Å². The Hall–Kier alpha value is -1.51. The summed E-state index contributed by atoms with van der Waals surface area (Å²) < 4.78 is 0. The molecule has 1 amide bonds. The predicted octanol–water partition coefficient (Wildman–Crippen LogP) is 4.63. The van der Waals surface area contributed by atoms with Crippen molar-refractivity contribution in [3.8, 4) is 0 Å². The van der Waals surface area contributed by atoms with Crippen molar-refractivity contribution in [2.75, 3.05) is 12.3 Å². The number of anilines is 1. The molecule has 0 unspecified atom stereocenters. The standard InChI is InChI=1S/C20H32N2O/c1-2-3-4-5-6-7-8-9-14-22-20(23)19-15-18(19)16-10-12-17(21)13-11-16/h10-13,18-19H,2-9,14-15,21H2,1H3,(H,22,23)/t18-,19+/m0/s1. The van der Waals surface area contributed by atoms with Crippen LogP contribution >= 0.6 is 0 Å². The van der Waals surface area contributed by atoms with Crippen LogP contribution in [0, 0.1) is 5.92 Å². The molecule has 0 aromatic heterocycles. The second-order valence-electron chi connectivity index (χ2n) is 6.88. The minimum Gasteiger partial charge on any atom is -0.399 e. The van der Waals surface area contributed by atoms with E-state index in [-0.39, 0.29) is 11.8 Å². The number of hydrogen-bond acceptors (Lipinski definition) is 2. The third-order valence-corrected chi connectivity index (χ3v) is 4.82. The lowest BCUT2D eigenvalue weighted by molar-refractivity contribution is -0.122. The van der Waals surface area contributed by atoms with Crippen LogP contribution in [-0.2, 0) is 4.79 Å². The third kappa shape index (κ3) is 6.25. The van der Waals surface area contributed by atoms with Crippen LogP contribution in [0.25, 0.3) is 0 Å². The van der Waals surface area contributed by atoms with E-state index >= 15 is 0 Å². The lowest BCUT2D eigenvalue weighted by Crippen LogP contribution is -2.26. The number of carbonyl (C=O) groups is 1. The summed E-state index contributed by atoms with van der Waals surface area (Å²) in [4.78, 5) is 12.1. The predicted molar refractivity (Wildman–Crippen MR) is 97.3 cm³/mol. The zero-order valence-electron chi connectivity index (χ0n) is 14.5. The highest BCUT2D eigenvalue weighted by Crippen LogP contribution is 2.47. The van der Waals surface area contributed by atoms with Gasteiger partial charge in [-0.05, 0) is 36.5 Å². The van der Waals surface area contributed by atoms with Gasteiger partial charge in [0.15, 0.2) is 0 Å². The summed E-state index contributed by atoms with van der Waals surface area (Å²) in [5, 5.41) is 3.10. The maximum atomic E-state index is 12.1. The summed E-state index contributed by atoms with van der Waals surface area (Å²) in [6.45, 7) is 3.08. The highest BCUT2D eigenvalue weighted by molar-refractivity contribution is 5.82. The van der Waals surface area contributed by atoms with Gasteiger partial charge in [0.1, 0.15) is 0 Å². The largest absolute Gasteiger partial charge is 0.399 e. The van der Waals surface area contributed by atoms with Gasteiger partial charge in [-0.25, -0.2) is 0 Å². The number of nitrogen functional groups attached to an aromatic ring is 1. The Bertz CT molecular complexity index is 469. The molecule has 1 aliphatic carbocycles. The molecule has 3 N–H and O–H groups in total. The molecular formula is C20H32N2O. The summed E-state index contributed by atoms with van der Waals surface area (Å²) in [7, 11) is 0. The quantitative estimate of drug-likeness (QED) is 0.462. The number of amides is 1. The molecule has 0 heterocycles. The monoisotopic (exact) mass is 316 g/mol. The Morgan fingerprint density at radius 2 is 1.65 bits per heavy atom. The molecule has 1 aromatic carbocycles. The van der Waals surface area contributed by atoms with Crippen molar-refractivity contribution >= 4 is 11.6 Å². The molecular weight excluding hydrogens is 284 g/mol. The fourth-order valence-corrected chi connectivity index (χ4v) is 3.20. The second-order valence-corrected chi connectivity index (χ2v) is 6.88. The zero-order valence-corrected chi connectivity index (χ0v) is 14.5. The Balaban J connectivity index is 1.51. The minimum absolute atomic E-state index is 0.174. The number of nitrogens with one attached hydrogen (secondary N) is 1. The van der Waals surface area contributed by atoms with Gasteiger partial charge < -0.3 is 11.1 Å². The van der Waals surface area contributed by atoms with Crippen LogP contribution in [-0.4, -0.2) is 12.5 Å². The first-order chi connectivity index (χ1) is 11.2. The van der Waals surface area contributed by atoms with Gasteiger partial charge in [-0.15, -0.1) is 0 Å². The fourth-order valence-electron chi connectivity index (χ4n) is 3.20. The van der Waals surface area contributed by atoms with E-state index in [1.54, 1.807) is 0 Å². The van der Waals surface area contributed by atoms with E-state index in [0.29, 0.717) is 5.92 Å². The van der Waals surface area contributed by atoms with Gasteiger partial charge in [0, 0.05) is 18.2 Å². The van der Waals surface area contributed by atoms with E-state index in [1.807, 2.05) is 24.3 Å². The van der Waals surface area contributed by atoms with Gasteiger partial charge in [-0.3, -0.25) is 4.79 Å². The number of nitrogens with two attached hydrogens (primary N) is 1. The summed E-state index contributed by atoms with van der Waals surface area (Å²) in [5.41, 5.74) is 7.73. The lowest BCUT2D eigenvalue weighted by Gasteiger charge is -2.05. The lowest BCUT2D eigenvalue weighted by atomic mass is 10.1. The van der Waals surface area contributed by atoms with Gasteiger partial charge in [0.2, 0.25) is 5.91 Å². The Labute approximate surface area is 141 Å². The molecule has 3 heteroatoms. The second kappa shape index (κ2) is 9.59. The Kier molecular flexibility index (Phi) is 7.44. The van der Waals surface area contributed by atoms with Crippen LogP contribution in [0.15, 0.2) is 24.3 Å². The Morgan fingerprint density at radius 1 is 1.04 bits per heavy atom. The van der Waals surface area contributed by atoms with Gasteiger partial charge in [-0.1, -0.05) is 64.0 Å². The summed E-state index contributed by atoms with van der Waals surface area (Å²) in [6.07, 6.45) is 11.4. The molecule has 0 radical (unpaired) electrons. The molecule has 23 heavy (non-hydrogen) atoms. The molecule has 128 valence electrons. The molecule has 1 aliphatic rings. The van der Waals surface area contributed by atoms with Crippen LogP contribution in [0.1, 0.15) is 76.2 Å². The normalized spacial score (nSPS) is 19.5. The summed E-state index contributed by atoms with van der Waals surface area (Å²) in [6, 6.07) is 7.93. The molecule has 1 saturated carbocycles. The van der Waals surface area contributed by atoms with E-state index in [1.165, 1.54) is 50.5 Å². The molecule has 0 saturated heterocycles. The van der Waals surface area contributed by atoms with Crippen LogP contribution < -0.4 is 11.1 Å². The number of unbranched alkanes of at least 4 members (excludes halogenated alkanes) is 7. The number of rotatable bonds is 11. The van der Waals surface area contributed by atoms with Crippen LogP contribution in [0.4, 0.5) is 5.69 Å².